The van der Waals surface area contributed by atoms with E-state index < -0.39 is 38.1 Å². The smallest absolute Gasteiger partial charge is 0.408 e. The van der Waals surface area contributed by atoms with Gasteiger partial charge in [0.2, 0.25) is 8.32 Å². The molecule has 0 spiro atoms. The molecule has 1 amide bonds. The fourth-order valence-electron chi connectivity index (χ4n) is 3.78. The first-order valence-electron chi connectivity index (χ1n) is 14.4. The molecule has 0 saturated heterocycles. The molecule has 7 nitrogen and oxygen atoms in total. The van der Waals surface area contributed by atoms with E-state index in [9.17, 15) is 9.59 Å². The molecule has 1 N–H and O–H groups in total. The molecule has 0 aliphatic heterocycles. The number of allylic oxidation sites excluding steroid dienone is 1. The number of hydrogen-bond donors (Lipinski definition) is 1. The van der Waals surface area contributed by atoms with Gasteiger partial charge in [0.05, 0.1) is 7.11 Å². The van der Waals surface area contributed by atoms with Crippen molar-refractivity contribution in [3.05, 3.63) is 90.2 Å². The van der Waals surface area contributed by atoms with Crippen molar-refractivity contribution in [2.75, 3.05) is 7.11 Å². The molecule has 0 fully saturated rings. The topological polar surface area (TPSA) is 83.1 Å². The Bertz CT molecular complexity index is 1190. The number of rotatable bonds is 13. The van der Waals surface area contributed by atoms with Gasteiger partial charge in [0.15, 0.2) is 6.10 Å². The largest absolute Gasteiger partial charge is 0.544 e. The van der Waals surface area contributed by atoms with Crippen molar-refractivity contribution < 1.29 is 28.2 Å². The SMILES string of the molecule is C=C[C@@H](Oc1ccc(C[C@H](NC(=O)OC(C)(C)C)C(=O)OC)cc1)/C(=C/CCc1ccccc1)O[Si](C)(C)C(C)(C)C. The Balaban J connectivity index is 2.21. The van der Waals surface area contributed by atoms with Gasteiger partial charge in [-0.15, -0.1) is 0 Å². The molecule has 0 aliphatic rings. The summed E-state index contributed by atoms with van der Waals surface area (Å²) < 4.78 is 23.3. The molecule has 0 radical (unpaired) electrons. The Morgan fingerprint density at radius 1 is 0.952 bits per heavy atom. The number of hydrogen-bond acceptors (Lipinski definition) is 6. The fourth-order valence-corrected chi connectivity index (χ4v) is 4.88. The lowest BCUT2D eigenvalue weighted by Crippen LogP contribution is -2.45. The van der Waals surface area contributed by atoms with Crippen LogP contribution >= 0.6 is 0 Å². The standard InChI is InChI=1S/C34H49NO6Si/c1-11-29(30(41-42(9,10)34(5,6)7)19-15-18-25-16-13-12-14-17-25)39-27-22-20-26(21-23-27)24-28(31(36)38-8)35-32(37)40-33(2,3)4/h11-14,16-17,19-23,28-29H,1,15,18,24H2,2-10H3,(H,35,37)/b30-19-/t28-,29+/m0/s1. The highest BCUT2D eigenvalue weighted by Gasteiger charge is 2.40. The molecule has 42 heavy (non-hydrogen) atoms. The molecule has 0 aromatic heterocycles. The second kappa shape index (κ2) is 15.1. The van der Waals surface area contributed by atoms with E-state index in [1.54, 1.807) is 26.8 Å². The monoisotopic (exact) mass is 595 g/mol. The lowest BCUT2D eigenvalue weighted by atomic mass is 10.1. The number of carbonyl (C=O) groups excluding carboxylic acids is 2. The van der Waals surface area contributed by atoms with Gasteiger partial charge in [-0.25, -0.2) is 9.59 Å². The number of carbonyl (C=O) groups is 2. The summed E-state index contributed by atoms with van der Waals surface area (Å²) in [7, 11) is -0.862. The molecule has 0 unspecified atom stereocenters. The maximum Gasteiger partial charge on any atom is 0.408 e. The van der Waals surface area contributed by atoms with Crippen LogP contribution in [0.5, 0.6) is 5.75 Å². The van der Waals surface area contributed by atoms with E-state index in [0.717, 1.165) is 24.2 Å². The zero-order valence-electron chi connectivity index (χ0n) is 26.8. The van der Waals surface area contributed by atoms with Gasteiger partial charge in [0, 0.05) is 6.42 Å². The number of benzene rings is 2. The predicted octanol–water partition coefficient (Wildman–Crippen LogP) is 7.77. The maximum absolute atomic E-state index is 12.4. The van der Waals surface area contributed by atoms with E-state index in [2.05, 4.69) is 64.0 Å². The summed E-state index contributed by atoms with van der Waals surface area (Å²) in [6.45, 7) is 20.4. The number of ether oxygens (including phenoxy) is 3. The molecule has 0 saturated carbocycles. The molecular formula is C34H49NO6Si. The number of alkyl carbamates (subject to hydrolysis) is 1. The lowest BCUT2D eigenvalue weighted by molar-refractivity contribution is -0.143. The van der Waals surface area contributed by atoms with Crippen molar-refractivity contribution in [1.29, 1.82) is 0 Å². The van der Waals surface area contributed by atoms with Crippen LogP contribution in [-0.4, -0.2) is 45.2 Å². The van der Waals surface area contributed by atoms with Crippen LogP contribution in [0.2, 0.25) is 18.1 Å². The van der Waals surface area contributed by atoms with Crippen LogP contribution in [0.25, 0.3) is 0 Å². The van der Waals surface area contributed by atoms with E-state index in [4.69, 9.17) is 18.6 Å². The summed E-state index contributed by atoms with van der Waals surface area (Å²) in [5, 5.41) is 2.62. The Labute approximate surface area is 253 Å². The van der Waals surface area contributed by atoms with E-state index in [-0.39, 0.29) is 11.5 Å². The number of aryl methyl sites for hydroxylation is 1. The van der Waals surface area contributed by atoms with Crippen LogP contribution in [0.1, 0.15) is 59.1 Å². The van der Waals surface area contributed by atoms with Crippen molar-refractivity contribution in [3.63, 3.8) is 0 Å². The normalized spacial score (nSPS) is 13.9. The van der Waals surface area contributed by atoms with Gasteiger partial charge < -0.3 is 24.0 Å². The minimum atomic E-state index is -2.15. The van der Waals surface area contributed by atoms with Gasteiger partial charge in [-0.1, -0.05) is 69.8 Å². The average Bonchev–Trinajstić information content (AvgIpc) is 2.90. The third-order valence-electron chi connectivity index (χ3n) is 7.10. The van der Waals surface area contributed by atoms with Gasteiger partial charge in [-0.05, 0) is 87.2 Å². The highest BCUT2D eigenvalue weighted by molar-refractivity contribution is 6.74. The number of methoxy groups -OCH3 is 1. The van der Waals surface area contributed by atoms with Crippen molar-refractivity contribution >= 4 is 20.4 Å². The van der Waals surface area contributed by atoms with Crippen LogP contribution in [0.3, 0.4) is 0 Å². The molecule has 0 heterocycles. The quantitative estimate of drug-likeness (QED) is 0.110. The Hall–Kier alpha value is -3.52. The Kier molecular flexibility index (Phi) is 12.5. The third kappa shape index (κ3) is 11.4. The minimum Gasteiger partial charge on any atom is -0.544 e. The average molecular weight is 596 g/mol. The van der Waals surface area contributed by atoms with Crippen LogP contribution in [-0.2, 0) is 31.5 Å². The summed E-state index contributed by atoms with van der Waals surface area (Å²) >= 11 is 0. The highest BCUT2D eigenvalue weighted by Crippen LogP contribution is 2.39. The van der Waals surface area contributed by atoms with E-state index in [0.29, 0.717) is 5.75 Å². The molecule has 230 valence electrons. The summed E-state index contributed by atoms with van der Waals surface area (Å²) in [5.41, 5.74) is 1.40. The molecule has 2 rings (SSSR count). The first-order valence-corrected chi connectivity index (χ1v) is 17.3. The molecule has 8 heteroatoms. The molecule has 2 aromatic rings. The molecule has 0 bridgehead atoms. The van der Waals surface area contributed by atoms with E-state index >= 15 is 0 Å². The van der Waals surface area contributed by atoms with Gasteiger partial charge in [-0.2, -0.15) is 0 Å². The first kappa shape index (κ1) is 34.7. The summed E-state index contributed by atoms with van der Waals surface area (Å²) in [6.07, 6.45) is 4.65. The second-order valence-corrected chi connectivity index (χ2v) is 17.6. The molecule has 2 aromatic carbocycles. The van der Waals surface area contributed by atoms with Gasteiger partial charge in [0.25, 0.3) is 0 Å². The van der Waals surface area contributed by atoms with Crippen molar-refractivity contribution in [1.82, 2.24) is 5.32 Å². The molecule has 0 aliphatic carbocycles. The molecule has 2 atom stereocenters. The van der Waals surface area contributed by atoms with Crippen LogP contribution in [0.4, 0.5) is 4.79 Å². The number of nitrogens with one attached hydrogen (secondary N) is 1. The number of amides is 1. The van der Waals surface area contributed by atoms with Crippen LogP contribution in [0.15, 0.2) is 79.1 Å². The minimum absolute atomic E-state index is 0.0163. The van der Waals surface area contributed by atoms with Gasteiger partial charge in [-0.3, -0.25) is 0 Å². The number of esters is 1. The summed E-state index contributed by atoms with van der Waals surface area (Å²) in [6, 6.07) is 16.9. The van der Waals surface area contributed by atoms with Crippen LogP contribution in [0, 0.1) is 0 Å². The van der Waals surface area contributed by atoms with Gasteiger partial charge in [0.1, 0.15) is 23.2 Å². The van der Waals surface area contributed by atoms with E-state index in [1.807, 2.05) is 42.5 Å². The highest BCUT2D eigenvalue weighted by atomic mass is 28.4. The van der Waals surface area contributed by atoms with Crippen molar-refractivity contribution in [3.8, 4) is 5.75 Å². The van der Waals surface area contributed by atoms with Gasteiger partial charge >= 0.3 is 12.1 Å². The zero-order chi connectivity index (χ0) is 31.6. The predicted molar refractivity (Wildman–Crippen MR) is 171 cm³/mol. The molecular weight excluding hydrogens is 546 g/mol. The van der Waals surface area contributed by atoms with E-state index in [1.165, 1.54) is 12.7 Å². The van der Waals surface area contributed by atoms with Crippen LogP contribution < -0.4 is 10.1 Å². The third-order valence-corrected chi connectivity index (χ3v) is 11.5. The summed E-state index contributed by atoms with van der Waals surface area (Å²) in [4.78, 5) is 24.6. The lowest BCUT2D eigenvalue weighted by Gasteiger charge is -2.38. The Morgan fingerprint density at radius 3 is 2.10 bits per heavy atom. The fraction of sp³-hybridized carbons (Fsp3) is 0.471. The van der Waals surface area contributed by atoms with Crippen molar-refractivity contribution in [2.45, 2.75) is 96.7 Å². The zero-order valence-corrected chi connectivity index (χ0v) is 27.8. The van der Waals surface area contributed by atoms with Crippen molar-refractivity contribution in [2.24, 2.45) is 0 Å². The first-order chi connectivity index (χ1) is 19.5. The Morgan fingerprint density at radius 2 is 1.57 bits per heavy atom. The summed E-state index contributed by atoms with van der Waals surface area (Å²) in [5.74, 6) is 0.844. The maximum atomic E-state index is 12.4. The second-order valence-electron chi connectivity index (χ2n) is 12.8.